The first-order valence-corrected chi connectivity index (χ1v) is 14.5. The van der Waals surface area contributed by atoms with E-state index in [0.717, 1.165) is 12.2 Å². The number of rotatable bonds is 8. The Kier molecular flexibility index (Phi) is 8.49. The fourth-order valence-corrected chi connectivity index (χ4v) is 4.28. The van der Waals surface area contributed by atoms with Crippen LogP contribution >= 0.6 is 23.2 Å². The Bertz CT molecular complexity index is 940. The van der Waals surface area contributed by atoms with Gasteiger partial charge >= 0.3 is 0 Å². The van der Waals surface area contributed by atoms with Crippen molar-refractivity contribution in [1.29, 1.82) is 0 Å². The molecule has 0 saturated carbocycles. The van der Waals surface area contributed by atoms with Gasteiger partial charge in [0, 0.05) is 17.6 Å². The molecule has 2 aromatic rings. The highest BCUT2D eigenvalue weighted by Crippen LogP contribution is 2.37. The second kappa shape index (κ2) is 10.2. The molecule has 1 unspecified atom stereocenters. The van der Waals surface area contributed by atoms with Crippen molar-refractivity contribution >= 4 is 37.4 Å². The molecule has 7 heteroatoms. The Morgan fingerprint density at radius 2 is 1.59 bits per heavy atom. The summed E-state index contributed by atoms with van der Waals surface area (Å²) in [7, 11) is 2.19. The average molecular weight is 496 g/mol. The van der Waals surface area contributed by atoms with Crippen LogP contribution in [-0.4, -0.2) is 45.3 Å². The summed E-state index contributed by atoms with van der Waals surface area (Å²) in [6.07, 6.45) is 0.780. The lowest BCUT2D eigenvalue weighted by Gasteiger charge is -2.37. The van der Waals surface area contributed by atoms with E-state index in [4.69, 9.17) is 27.6 Å². The van der Waals surface area contributed by atoms with Crippen LogP contribution in [-0.2, 0) is 6.42 Å². The van der Waals surface area contributed by atoms with Crippen LogP contribution in [0.5, 0.6) is 5.75 Å². The lowest BCUT2D eigenvalue weighted by molar-refractivity contribution is 0.0909. The van der Waals surface area contributed by atoms with E-state index in [1.807, 2.05) is 14.1 Å². The summed E-state index contributed by atoms with van der Waals surface area (Å²) in [6, 6.07) is 13.2. The van der Waals surface area contributed by atoms with Crippen LogP contribution in [0.4, 0.5) is 0 Å². The molecule has 1 amide bonds. The maximum atomic E-state index is 12.6. The number of carbonyl (C=O) groups excluding carboxylic acids is 1. The van der Waals surface area contributed by atoms with Gasteiger partial charge in [-0.3, -0.25) is 4.79 Å². The number of hydrogen-bond donors (Lipinski definition) is 1. The Hall–Kier alpha value is -1.53. The molecule has 0 spiro atoms. The van der Waals surface area contributed by atoms with Crippen LogP contribution < -0.4 is 9.74 Å². The molecule has 2 aromatic carbocycles. The van der Waals surface area contributed by atoms with E-state index in [1.165, 1.54) is 5.56 Å². The second-order valence-corrected chi connectivity index (χ2v) is 15.9. The highest BCUT2D eigenvalue weighted by molar-refractivity contribution is 6.74. The van der Waals surface area contributed by atoms with Crippen molar-refractivity contribution in [2.45, 2.75) is 57.8 Å². The van der Waals surface area contributed by atoms with E-state index in [0.29, 0.717) is 22.2 Å². The number of likely N-dealkylation sites (N-methyl/N-ethyl adjacent to an activating group) is 1. The van der Waals surface area contributed by atoms with Gasteiger partial charge < -0.3 is 14.6 Å². The predicted molar refractivity (Wildman–Crippen MR) is 139 cm³/mol. The zero-order chi connectivity index (χ0) is 24.3. The van der Waals surface area contributed by atoms with Crippen molar-refractivity contribution in [3.63, 3.8) is 0 Å². The van der Waals surface area contributed by atoms with Crippen LogP contribution in [0.25, 0.3) is 0 Å². The van der Waals surface area contributed by atoms with Crippen LogP contribution in [0.1, 0.15) is 43.6 Å². The van der Waals surface area contributed by atoms with E-state index < -0.39 is 8.32 Å². The first-order chi connectivity index (χ1) is 14.6. The fraction of sp³-hybridized carbons (Fsp3) is 0.480. The third kappa shape index (κ3) is 6.74. The largest absolute Gasteiger partial charge is 0.544 e. The molecule has 4 nitrogen and oxygen atoms in total. The highest BCUT2D eigenvalue weighted by atomic mass is 35.5. The number of benzene rings is 2. The monoisotopic (exact) mass is 494 g/mol. The molecule has 0 heterocycles. The molecule has 2 rings (SSSR count). The van der Waals surface area contributed by atoms with Gasteiger partial charge in [0.2, 0.25) is 8.32 Å². The van der Waals surface area contributed by atoms with Gasteiger partial charge in [0.25, 0.3) is 5.91 Å². The molecule has 0 bridgehead atoms. The van der Waals surface area contributed by atoms with Crippen molar-refractivity contribution in [2.75, 3.05) is 20.6 Å². The molecular weight excluding hydrogens is 459 g/mol. The average Bonchev–Trinajstić information content (AvgIpc) is 2.68. The third-order valence-corrected chi connectivity index (χ3v) is 11.7. The maximum absolute atomic E-state index is 12.6. The van der Waals surface area contributed by atoms with Crippen molar-refractivity contribution in [3.8, 4) is 5.75 Å². The van der Waals surface area contributed by atoms with E-state index in [1.54, 1.807) is 18.2 Å². The SMILES string of the molecule is CN(C)C(C)(CNC(=O)c1ccc(Cl)c(Cl)c1)Cc1ccc(O[Si](C)(C)C(C)(C)C)cc1. The Morgan fingerprint density at radius 3 is 2.09 bits per heavy atom. The Balaban J connectivity index is 2.08. The molecule has 1 N–H and O–H groups in total. The minimum Gasteiger partial charge on any atom is -0.544 e. The molecule has 176 valence electrons. The fourth-order valence-electron chi connectivity index (χ4n) is 2.95. The number of carbonyl (C=O) groups is 1. The smallest absolute Gasteiger partial charge is 0.251 e. The van der Waals surface area contributed by atoms with E-state index in [2.05, 4.69) is 75.3 Å². The van der Waals surface area contributed by atoms with Gasteiger partial charge in [0.05, 0.1) is 10.0 Å². The highest BCUT2D eigenvalue weighted by Gasteiger charge is 2.39. The van der Waals surface area contributed by atoms with Gasteiger partial charge in [-0.2, -0.15) is 0 Å². The zero-order valence-corrected chi connectivity index (χ0v) is 23.0. The van der Waals surface area contributed by atoms with Gasteiger partial charge in [0.1, 0.15) is 5.75 Å². The van der Waals surface area contributed by atoms with Crippen LogP contribution in [0.2, 0.25) is 28.2 Å². The summed E-state index contributed by atoms with van der Waals surface area (Å²) >= 11 is 12.0. The van der Waals surface area contributed by atoms with Crippen LogP contribution in [0, 0.1) is 0 Å². The minimum atomic E-state index is -1.87. The molecule has 0 fully saturated rings. The number of halogens is 2. The van der Waals surface area contributed by atoms with Crippen molar-refractivity contribution < 1.29 is 9.22 Å². The van der Waals surface area contributed by atoms with Crippen molar-refractivity contribution in [2.24, 2.45) is 0 Å². The number of hydrogen-bond acceptors (Lipinski definition) is 3. The minimum absolute atomic E-state index is 0.154. The summed E-state index contributed by atoms with van der Waals surface area (Å²) in [5.41, 5.74) is 1.41. The summed E-state index contributed by atoms with van der Waals surface area (Å²) in [5, 5.41) is 4.00. The lowest BCUT2D eigenvalue weighted by Crippen LogP contribution is -2.52. The Labute approximate surface area is 204 Å². The van der Waals surface area contributed by atoms with E-state index in [9.17, 15) is 4.79 Å². The molecular formula is C25H36Cl2N2O2Si. The van der Waals surface area contributed by atoms with Gasteiger partial charge in [-0.1, -0.05) is 56.1 Å². The predicted octanol–water partition coefficient (Wildman–Crippen LogP) is 6.67. The van der Waals surface area contributed by atoms with Gasteiger partial charge in [-0.05, 0) is 81.5 Å². The van der Waals surface area contributed by atoms with E-state index in [-0.39, 0.29) is 16.5 Å². The van der Waals surface area contributed by atoms with Crippen LogP contribution in [0.3, 0.4) is 0 Å². The molecule has 1 atom stereocenters. The van der Waals surface area contributed by atoms with Gasteiger partial charge in [-0.15, -0.1) is 0 Å². The second-order valence-electron chi connectivity index (χ2n) is 10.4. The van der Waals surface area contributed by atoms with Gasteiger partial charge in [0.15, 0.2) is 0 Å². The molecule has 0 aliphatic heterocycles. The van der Waals surface area contributed by atoms with Crippen molar-refractivity contribution in [1.82, 2.24) is 10.2 Å². The first kappa shape index (κ1) is 26.7. The third-order valence-electron chi connectivity index (χ3n) is 6.58. The first-order valence-electron chi connectivity index (χ1n) is 10.8. The standard InChI is InChI=1S/C25H36Cl2N2O2Si/c1-24(2,3)32(7,8)31-20-12-9-18(10-13-20)16-25(4,29(5)6)17-28-23(30)19-11-14-21(26)22(27)15-19/h9-15H,16-17H2,1-8H3,(H,28,30). The summed E-state index contributed by atoms with van der Waals surface area (Å²) in [5.74, 6) is 0.745. The topological polar surface area (TPSA) is 41.6 Å². The summed E-state index contributed by atoms with van der Waals surface area (Å²) in [4.78, 5) is 14.8. The molecule has 0 saturated heterocycles. The molecule has 0 aliphatic carbocycles. The zero-order valence-electron chi connectivity index (χ0n) is 20.5. The normalized spacial score (nSPS) is 14.2. The molecule has 32 heavy (non-hydrogen) atoms. The Morgan fingerprint density at radius 1 is 1.00 bits per heavy atom. The molecule has 0 radical (unpaired) electrons. The maximum Gasteiger partial charge on any atom is 0.251 e. The quantitative estimate of drug-likeness (QED) is 0.416. The number of nitrogens with one attached hydrogen (secondary N) is 1. The van der Waals surface area contributed by atoms with Crippen molar-refractivity contribution in [3.05, 3.63) is 63.6 Å². The molecule has 0 aromatic heterocycles. The van der Waals surface area contributed by atoms with Crippen LogP contribution in [0.15, 0.2) is 42.5 Å². The van der Waals surface area contributed by atoms with Gasteiger partial charge in [-0.25, -0.2) is 0 Å². The summed E-state index contributed by atoms with van der Waals surface area (Å²) in [6.45, 7) is 13.8. The number of amides is 1. The lowest BCUT2D eigenvalue weighted by atomic mass is 9.91. The van der Waals surface area contributed by atoms with E-state index >= 15 is 0 Å². The molecule has 0 aliphatic rings. The number of nitrogens with zero attached hydrogens (tertiary/aromatic N) is 1. The summed E-state index contributed by atoms with van der Waals surface area (Å²) < 4.78 is 6.40.